The number of carbonyl (C=O) groups is 2. The summed E-state index contributed by atoms with van der Waals surface area (Å²) in [4.78, 5) is 23.1. The van der Waals surface area contributed by atoms with Crippen LogP contribution in [0.3, 0.4) is 0 Å². The van der Waals surface area contributed by atoms with Crippen molar-refractivity contribution in [2.45, 2.75) is 13.0 Å². The van der Waals surface area contributed by atoms with Crippen molar-refractivity contribution in [1.29, 1.82) is 5.26 Å². The largest absolute Gasteiger partial charge is 0.464 e. The molecule has 1 unspecified atom stereocenters. The van der Waals surface area contributed by atoms with E-state index in [1.165, 1.54) is 12.1 Å². The number of esters is 1. The first kappa shape index (κ1) is 15.1. The summed E-state index contributed by atoms with van der Waals surface area (Å²) >= 11 is 3.10. The predicted octanol–water partition coefficient (Wildman–Crippen LogP) is 1.77. The van der Waals surface area contributed by atoms with E-state index < -0.39 is 23.7 Å². The Morgan fingerprint density at radius 3 is 2.84 bits per heavy atom. The number of ether oxygens (including phenoxy) is 1. The quantitative estimate of drug-likeness (QED) is 0.854. The molecule has 1 rings (SSSR count). The van der Waals surface area contributed by atoms with E-state index in [1.54, 1.807) is 13.0 Å². The van der Waals surface area contributed by atoms with Crippen molar-refractivity contribution in [1.82, 2.24) is 5.32 Å². The zero-order chi connectivity index (χ0) is 14.4. The average Bonchev–Trinajstić information content (AvgIpc) is 2.38. The van der Waals surface area contributed by atoms with Gasteiger partial charge in [0.2, 0.25) is 6.04 Å². The first-order valence-electron chi connectivity index (χ1n) is 5.31. The zero-order valence-corrected chi connectivity index (χ0v) is 11.5. The maximum Gasteiger partial charge on any atom is 0.343 e. The zero-order valence-electron chi connectivity index (χ0n) is 9.94. The molecule has 0 saturated carbocycles. The lowest BCUT2D eigenvalue weighted by atomic mass is 10.2. The maximum atomic E-state index is 13.4. The fourth-order valence-corrected chi connectivity index (χ4v) is 1.61. The van der Waals surface area contributed by atoms with Gasteiger partial charge in [0.05, 0.1) is 18.2 Å². The molecular weight excluding hydrogens is 319 g/mol. The van der Waals surface area contributed by atoms with Gasteiger partial charge in [0.1, 0.15) is 5.82 Å². The molecule has 0 aliphatic rings. The SMILES string of the molecule is CCOC(=O)C(C#N)NC(=O)c1cc(Br)ccc1F. The fourth-order valence-electron chi connectivity index (χ4n) is 1.25. The van der Waals surface area contributed by atoms with Crippen molar-refractivity contribution in [2.75, 3.05) is 6.61 Å². The summed E-state index contributed by atoms with van der Waals surface area (Å²) in [5, 5.41) is 10.9. The molecule has 0 bridgehead atoms. The highest BCUT2D eigenvalue weighted by Gasteiger charge is 2.23. The van der Waals surface area contributed by atoms with Gasteiger partial charge < -0.3 is 10.1 Å². The first-order valence-corrected chi connectivity index (χ1v) is 6.11. The standard InChI is InChI=1S/C12H10BrFN2O3/c1-2-19-12(18)10(6-15)16-11(17)8-5-7(13)3-4-9(8)14/h3-5,10H,2H2,1H3,(H,16,17). The minimum atomic E-state index is -1.47. The number of rotatable bonds is 4. The van der Waals surface area contributed by atoms with Gasteiger partial charge in [0.15, 0.2) is 0 Å². The van der Waals surface area contributed by atoms with Crippen LogP contribution in [0.4, 0.5) is 4.39 Å². The molecule has 0 heterocycles. The Labute approximate surface area is 117 Å². The van der Waals surface area contributed by atoms with Gasteiger partial charge in [-0.05, 0) is 25.1 Å². The van der Waals surface area contributed by atoms with Crippen LogP contribution < -0.4 is 5.32 Å². The Bertz CT molecular complexity index is 542. The van der Waals surface area contributed by atoms with E-state index in [9.17, 15) is 14.0 Å². The Balaban J connectivity index is 2.86. The number of nitrogens with one attached hydrogen (secondary N) is 1. The van der Waals surface area contributed by atoms with Crippen LogP contribution in [0.1, 0.15) is 17.3 Å². The van der Waals surface area contributed by atoms with Gasteiger partial charge in [-0.25, -0.2) is 9.18 Å². The second-order valence-electron chi connectivity index (χ2n) is 3.41. The lowest BCUT2D eigenvalue weighted by Gasteiger charge is -2.11. The highest BCUT2D eigenvalue weighted by Crippen LogP contribution is 2.15. The van der Waals surface area contributed by atoms with E-state index >= 15 is 0 Å². The van der Waals surface area contributed by atoms with E-state index in [2.05, 4.69) is 26.0 Å². The molecule has 1 aromatic carbocycles. The number of amides is 1. The van der Waals surface area contributed by atoms with Crippen molar-refractivity contribution < 1.29 is 18.7 Å². The van der Waals surface area contributed by atoms with Crippen LogP contribution in [-0.4, -0.2) is 24.5 Å². The summed E-state index contributed by atoms with van der Waals surface area (Å²) in [7, 11) is 0. The van der Waals surface area contributed by atoms with Crippen LogP contribution >= 0.6 is 15.9 Å². The smallest absolute Gasteiger partial charge is 0.343 e. The van der Waals surface area contributed by atoms with Crippen LogP contribution in [0.25, 0.3) is 0 Å². The third-order valence-electron chi connectivity index (χ3n) is 2.10. The predicted molar refractivity (Wildman–Crippen MR) is 67.6 cm³/mol. The minimum absolute atomic E-state index is 0.0815. The molecule has 0 aliphatic carbocycles. The lowest BCUT2D eigenvalue weighted by Crippen LogP contribution is -2.41. The Morgan fingerprint density at radius 1 is 1.58 bits per heavy atom. The van der Waals surface area contributed by atoms with Gasteiger partial charge in [0, 0.05) is 4.47 Å². The third-order valence-corrected chi connectivity index (χ3v) is 2.59. The average molecular weight is 329 g/mol. The molecule has 1 aromatic rings. The van der Waals surface area contributed by atoms with Crippen molar-refractivity contribution in [3.05, 3.63) is 34.1 Å². The molecule has 0 aliphatic heterocycles. The number of benzene rings is 1. The number of hydrogen-bond acceptors (Lipinski definition) is 4. The van der Waals surface area contributed by atoms with E-state index in [4.69, 9.17) is 5.26 Å². The molecule has 0 saturated heterocycles. The molecule has 100 valence electrons. The summed E-state index contributed by atoms with van der Waals surface area (Å²) in [6.45, 7) is 1.65. The van der Waals surface area contributed by atoms with Gasteiger partial charge in [-0.15, -0.1) is 0 Å². The Kier molecular flexibility index (Phi) is 5.45. The lowest BCUT2D eigenvalue weighted by molar-refractivity contribution is -0.143. The molecule has 0 spiro atoms. The van der Waals surface area contributed by atoms with Crippen molar-refractivity contribution in [3.63, 3.8) is 0 Å². The normalized spacial score (nSPS) is 11.3. The van der Waals surface area contributed by atoms with Gasteiger partial charge in [-0.3, -0.25) is 4.79 Å². The van der Waals surface area contributed by atoms with E-state index in [0.717, 1.165) is 6.07 Å². The molecule has 1 N–H and O–H groups in total. The number of nitrogens with zero attached hydrogens (tertiary/aromatic N) is 1. The summed E-state index contributed by atoms with van der Waals surface area (Å²) < 4.78 is 18.6. The third kappa shape index (κ3) is 4.03. The Hall–Kier alpha value is -1.94. The molecule has 1 amide bonds. The molecular formula is C12H10BrFN2O3. The monoisotopic (exact) mass is 328 g/mol. The number of carbonyl (C=O) groups excluding carboxylic acids is 2. The van der Waals surface area contributed by atoms with E-state index in [-0.39, 0.29) is 12.2 Å². The van der Waals surface area contributed by atoms with Gasteiger partial charge >= 0.3 is 5.97 Å². The number of hydrogen-bond donors (Lipinski definition) is 1. The highest BCUT2D eigenvalue weighted by atomic mass is 79.9. The van der Waals surface area contributed by atoms with Crippen molar-refractivity contribution in [3.8, 4) is 6.07 Å². The summed E-state index contributed by atoms with van der Waals surface area (Å²) in [5.41, 5.74) is -0.265. The highest BCUT2D eigenvalue weighted by molar-refractivity contribution is 9.10. The van der Waals surface area contributed by atoms with Crippen LogP contribution in [0.5, 0.6) is 0 Å². The van der Waals surface area contributed by atoms with Crippen LogP contribution in [0, 0.1) is 17.1 Å². The Morgan fingerprint density at radius 2 is 2.26 bits per heavy atom. The van der Waals surface area contributed by atoms with Crippen LogP contribution in [-0.2, 0) is 9.53 Å². The fraction of sp³-hybridized carbons (Fsp3) is 0.250. The molecule has 0 aromatic heterocycles. The van der Waals surface area contributed by atoms with Crippen molar-refractivity contribution >= 4 is 27.8 Å². The molecule has 19 heavy (non-hydrogen) atoms. The molecule has 0 fully saturated rings. The summed E-state index contributed by atoms with van der Waals surface area (Å²) in [6, 6.07) is 3.90. The van der Waals surface area contributed by atoms with Crippen molar-refractivity contribution in [2.24, 2.45) is 0 Å². The van der Waals surface area contributed by atoms with Crippen LogP contribution in [0.15, 0.2) is 22.7 Å². The van der Waals surface area contributed by atoms with Gasteiger partial charge in [-0.1, -0.05) is 15.9 Å². The van der Waals surface area contributed by atoms with Gasteiger partial charge in [0.25, 0.3) is 5.91 Å². The molecule has 0 radical (unpaired) electrons. The van der Waals surface area contributed by atoms with E-state index in [0.29, 0.717) is 4.47 Å². The number of halogens is 2. The van der Waals surface area contributed by atoms with Gasteiger partial charge in [-0.2, -0.15) is 5.26 Å². The topological polar surface area (TPSA) is 79.2 Å². The number of nitriles is 1. The summed E-state index contributed by atoms with van der Waals surface area (Å²) in [6.07, 6.45) is 0. The molecule has 7 heteroatoms. The molecule has 1 atom stereocenters. The molecule has 5 nitrogen and oxygen atoms in total. The second kappa shape index (κ2) is 6.85. The first-order chi connectivity index (χ1) is 8.99. The maximum absolute atomic E-state index is 13.4. The van der Waals surface area contributed by atoms with Crippen LogP contribution in [0.2, 0.25) is 0 Å². The second-order valence-corrected chi connectivity index (χ2v) is 4.33. The minimum Gasteiger partial charge on any atom is -0.464 e. The van der Waals surface area contributed by atoms with E-state index in [1.807, 2.05) is 0 Å². The summed E-state index contributed by atoms with van der Waals surface area (Å²) in [5.74, 6) is -2.49.